The molecule has 3 aromatic carbocycles. The van der Waals surface area contributed by atoms with Crippen LogP contribution in [0.15, 0.2) is 78.9 Å². The maximum atomic E-state index is 13.2. The molecule has 4 rings (SSSR count). The number of rotatable bonds is 10. The van der Waals surface area contributed by atoms with Crippen molar-refractivity contribution in [3.05, 3.63) is 95.8 Å². The van der Waals surface area contributed by atoms with E-state index in [0.717, 1.165) is 51.0 Å². The predicted octanol–water partition coefficient (Wildman–Crippen LogP) is 6.39. The highest BCUT2D eigenvalue weighted by Gasteiger charge is 2.21. The van der Waals surface area contributed by atoms with Crippen molar-refractivity contribution in [2.45, 2.75) is 32.6 Å². The zero-order valence-electron chi connectivity index (χ0n) is 21.9. The highest BCUT2D eigenvalue weighted by atomic mass is 19.1. The third-order valence-corrected chi connectivity index (χ3v) is 6.96. The molecule has 1 heterocycles. The standard InChI is InChI=1S/C31H36FN3O3/c1-2-38-30(36)26-11-15-28(16-12-26)33-31(37)35(29-7-4-3-5-8-29)20-6-19-34-21-17-25(18-22-34)23-24-9-13-27(32)14-10-24/h3-5,7-16,25H,2,6,17-23H2,1H3,(H,33,37). The lowest BCUT2D eigenvalue weighted by atomic mass is 9.90. The Bertz CT molecular complexity index is 1160. The SMILES string of the molecule is CCOC(=O)c1ccc(NC(=O)N(CCCN2CCC(Cc3ccc(F)cc3)CC2)c2ccccc2)cc1. The van der Waals surface area contributed by atoms with Crippen molar-refractivity contribution in [3.63, 3.8) is 0 Å². The van der Waals surface area contributed by atoms with E-state index in [0.29, 0.717) is 30.3 Å². The van der Waals surface area contributed by atoms with Crippen molar-refractivity contribution in [3.8, 4) is 0 Å². The maximum absolute atomic E-state index is 13.2. The van der Waals surface area contributed by atoms with Crippen molar-refractivity contribution < 1.29 is 18.7 Å². The number of nitrogens with zero attached hydrogens (tertiary/aromatic N) is 2. The highest BCUT2D eigenvalue weighted by molar-refractivity contribution is 6.02. The second kappa shape index (κ2) is 13.7. The first-order valence-electron chi connectivity index (χ1n) is 13.4. The molecule has 3 aromatic rings. The van der Waals surface area contributed by atoms with E-state index in [2.05, 4.69) is 10.2 Å². The number of amides is 2. The number of piperidine rings is 1. The molecule has 1 fully saturated rings. The van der Waals surface area contributed by atoms with Crippen LogP contribution in [0, 0.1) is 11.7 Å². The Morgan fingerprint density at radius 3 is 2.32 bits per heavy atom. The van der Waals surface area contributed by atoms with E-state index in [4.69, 9.17) is 4.74 Å². The van der Waals surface area contributed by atoms with Crippen LogP contribution in [0.2, 0.25) is 0 Å². The summed E-state index contributed by atoms with van der Waals surface area (Å²) in [6, 6.07) is 23.0. The molecule has 2 amide bonds. The van der Waals surface area contributed by atoms with Crippen LogP contribution in [-0.2, 0) is 11.2 Å². The van der Waals surface area contributed by atoms with Gasteiger partial charge in [0.05, 0.1) is 12.2 Å². The first-order valence-corrected chi connectivity index (χ1v) is 13.4. The minimum atomic E-state index is -0.379. The summed E-state index contributed by atoms with van der Waals surface area (Å²) >= 11 is 0. The molecule has 0 atom stereocenters. The molecule has 7 heteroatoms. The molecule has 6 nitrogen and oxygen atoms in total. The largest absolute Gasteiger partial charge is 0.462 e. The minimum Gasteiger partial charge on any atom is -0.462 e. The van der Waals surface area contributed by atoms with E-state index < -0.39 is 0 Å². The lowest BCUT2D eigenvalue weighted by Crippen LogP contribution is -2.39. The summed E-state index contributed by atoms with van der Waals surface area (Å²) in [7, 11) is 0. The topological polar surface area (TPSA) is 61.9 Å². The van der Waals surface area contributed by atoms with Gasteiger partial charge in [0, 0.05) is 17.9 Å². The zero-order chi connectivity index (χ0) is 26.7. The summed E-state index contributed by atoms with van der Waals surface area (Å²) in [4.78, 5) is 29.4. The summed E-state index contributed by atoms with van der Waals surface area (Å²) in [6.07, 6.45) is 4.10. The van der Waals surface area contributed by atoms with E-state index in [9.17, 15) is 14.0 Å². The number of hydrogen-bond donors (Lipinski definition) is 1. The van der Waals surface area contributed by atoms with E-state index in [1.807, 2.05) is 42.5 Å². The van der Waals surface area contributed by atoms with Gasteiger partial charge in [0.25, 0.3) is 0 Å². The van der Waals surface area contributed by atoms with Gasteiger partial charge in [-0.25, -0.2) is 14.0 Å². The van der Waals surface area contributed by atoms with Gasteiger partial charge in [0.15, 0.2) is 0 Å². The molecule has 0 saturated carbocycles. The van der Waals surface area contributed by atoms with Gasteiger partial charge in [-0.05, 0) is 112 Å². The summed E-state index contributed by atoms with van der Waals surface area (Å²) < 4.78 is 18.2. The molecule has 0 spiro atoms. The number of ether oxygens (including phenoxy) is 1. The number of benzene rings is 3. The van der Waals surface area contributed by atoms with Gasteiger partial charge < -0.3 is 15.0 Å². The van der Waals surface area contributed by atoms with E-state index in [1.54, 1.807) is 36.1 Å². The van der Waals surface area contributed by atoms with Gasteiger partial charge in [-0.15, -0.1) is 0 Å². The van der Waals surface area contributed by atoms with Crippen LogP contribution in [0.4, 0.5) is 20.6 Å². The van der Waals surface area contributed by atoms with Crippen molar-refractivity contribution in [2.24, 2.45) is 5.92 Å². The van der Waals surface area contributed by atoms with Gasteiger partial charge in [0.2, 0.25) is 0 Å². The molecule has 1 saturated heterocycles. The molecule has 0 unspecified atom stereocenters. The normalized spacial score (nSPS) is 14.2. The first-order chi connectivity index (χ1) is 18.5. The van der Waals surface area contributed by atoms with Crippen LogP contribution in [0.5, 0.6) is 0 Å². The third-order valence-electron chi connectivity index (χ3n) is 6.96. The molecule has 1 aliphatic heterocycles. The second-order valence-electron chi connectivity index (χ2n) is 9.68. The molecule has 200 valence electrons. The summed E-state index contributed by atoms with van der Waals surface area (Å²) in [6.45, 7) is 5.67. The Hall–Kier alpha value is -3.71. The molecule has 0 aromatic heterocycles. The predicted molar refractivity (Wildman–Crippen MR) is 149 cm³/mol. The quantitative estimate of drug-likeness (QED) is 0.317. The Labute approximate surface area is 224 Å². The fourth-order valence-corrected chi connectivity index (χ4v) is 4.87. The number of nitrogens with one attached hydrogen (secondary N) is 1. The lowest BCUT2D eigenvalue weighted by molar-refractivity contribution is 0.0526. The monoisotopic (exact) mass is 517 g/mol. The molecule has 0 bridgehead atoms. The van der Waals surface area contributed by atoms with E-state index >= 15 is 0 Å². The van der Waals surface area contributed by atoms with Crippen molar-refractivity contribution in [2.75, 3.05) is 43.0 Å². The van der Waals surface area contributed by atoms with E-state index in [1.165, 1.54) is 17.7 Å². The number of urea groups is 1. The Balaban J connectivity index is 1.28. The van der Waals surface area contributed by atoms with Crippen LogP contribution in [0.1, 0.15) is 42.1 Å². The van der Waals surface area contributed by atoms with Crippen LogP contribution >= 0.6 is 0 Å². The van der Waals surface area contributed by atoms with Crippen LogP contribution < -0.4 is 10.2 Å². The van der Waals surface area contributed by atoms with Gasteiger partial charge in [-0.2, -0.15) is 0 Å². The summed E-state index contributed by atoms with van der Waals surface area (Å²) in [5.74, 6) is 0.0583. The van der Waals surface area contributed by atoms with Crippen molar-refractivity contribution >= 4 is 23.4 Å². The zero-order valence-corrected chi connectivity index (χ0v) is 21.9. The Morgan fingerprint density at radius 1 is 0.974 bits per heavy atom. The number of halogens is 1. The number of carbonyl (C=O) groups is 2. The van der Waals surface area contributed by atoms with E-state index in [-0.39, 0.29) is 17.8 Å². The number of hydrogen-bond acceptors (Lipinski definition) is 4. The number of anilines is 2. The molecule has 1 aliphatic rings. The third kappa shape index (κ3) is 7.89. The molecule has 1 N–H and O–H groups in total. The van der Waals surface area contributed by atoms with Gasteiger partial charge in [-0.3, -0.25) is 4.90 Å². The Kier molecular flexibility index (Phi) is 9.87. The number of para-hydroxylation sites is 1. The lowest BCUT2D eigenvalue weighted by Gasteiger charge is -2.32. The average Bonchev–Trinajstić information content (AvgIpc) is 2.94. The fraction of sp³-hybridized carbons (Fsp3) is 0.355. The number of carbonyl (C=O) groups excluding carboxylic acids is 2. The first kappa shape index (κ1) is 27.3. The molecular formula is C31H36FN3O3. The van der Waals surface area contributed by atoms with Gasteiger partial charge >= 0.3 is 12.0 Å². The second-order valence-corrected chi connectivity index (χ2v) is 9.68. The van der Waals surface area contributed by atoms with Gasteiger partial charge in [-0.1, -0.05) is 30.3 Å². The Morgan fingerprint density at radius 2 is 1.66 bits per heavy atom. The van der Waals surface area contributed by atoms with Gasteiger partial charge in [0.1, 0.15) is 5.82 Å². The summed E-state index contributed by atoms with van der Waals surface area (Å²) in [5.41, 5.74) is 3.11. The molecule has 0 aliphatic carbocycles. The minimum absolute atomic E-state index is 0.186. The highest BCUT2D eigenvalue weighted by Crippen LogP contribution is 2.23. The maximum Gasteiger partial charge on any atom is 0.338 e. The smallest absolute Gasteiger partial charge is 0.338 e. The molecule has 0 radical (unpaired) electrons. The van der Waals surface area contributed by atoms with Crippen LogP contribution in [-0.4, -0.2) is 49.7 Å². The fourth-order valence-electron chi connectivity index (χ4n) is 4.87. The number of likely N-dealkylation sites (tertiary alicyclic amines) is 1. The summed E-state index contributed by atoms with van der Waals surface area (Å²) in [5, 5.41) is 2.96. The number of esters is 1. The van der Waals surface area contributed by atoms with Crippen molar-refractivity contribution in [1.82, 2.24) is 4.90 Å². The molecular weight excluding hydrogens is 481 g/mol. The van der Waals surface area contributed by atoms with Crippen LogP contribution in [0.25, 0.3) is 0 Å². The van der Waals surface area contributed by atoms with Crippen LogP contribution in [0.3, 0.4) is 0 Å². The average molecular weight is 518 g/mol. The van der Waals surface area contributed by atoms with Crippen molar-refractivity contribution in [1.29, 1.82) is 0 Å². The molecule has 38 heavy (non-hydrogen) atoms.